The van der Waals surface area contributed by atoms with Gasteiger partial charge in [0, 0.05) is 30.0 Å². The lowest BCUT2D eigenvalue weighted by Gasteiger charge is -2.39. The third-order valence-corrected chi connectivity index (χ3v) is 7.32. The normalized spacial score (nSPS) is 22.8. The van der Waals surface area contributed by atoms with E-state index in [1.54, 1.807) is 11.0 Å². The second-order valence-corrected chi connectivity index (χ2v) is 9.50. The predicted molar refractivity (Wildman–Crippen MR) is 118 cm³/mol. The molecule has 0 bridgehead atoms. The fourth-order valence-corrected chi connectivity index (χ4v) is 5.64. The summed E-state index contributed by atoms with van der Waals surface area (Å²) in [6.07, 6.45) is 5.56. The molecule has 1 aromatic heterocycles. The Hall–Kier alpha value is -2.94. The second kappa shape index (κ2) is 7.96. The lowest BCUT2D eigenvalue weighted by Crippen LogP contribution is -2.58. The number of anilines is 2. The fourth-order valence-electron chi connectivity index (χ4n) is 4.57. The number of aryl methyl sites for hydroxylation is 2. The smallest absolute Gasteiger partial charge is 0.255 e. The first-order chi connectivity index (χ1) is 15.0. The molecule has 2 aliphatic heterocycles. The number of carbonyl (C=O) groups excluding carboxylic acids is 3. The molecule has 9 heteroatoms. The molecular weight excluding hydrogens is 414 g/mol. The summed E-state index contributed by atoms with van der Waals surface area (Å²) in [5.74, 6) is -0.456. The maximum Gasteiger partial charge on any atom is 0.255 e. The first kappa shape index (κ1) is 20.0. The Labute approximate surface area is 184 Å². The summed E-state index contributed by atoms with van der Waals surface area (Å²) in [7, 11) is 0. The van der Waals surface area contributed by atoms with Gasteiger partial charge < -0.3 is 20.9 Å². The minimum Gasteiger partial charge on any atom is -0.362 e. The summed E-state index contributed by atoms with van der Waals surface area (Å²) in [6, 6.07) is 7.36. The number of carbonyl (C=O) groups is 3. The molecule has 3 amide bonds. The van der Waals surface area contributed by atoms with Gasteiger partial charge >= 0.3 is 0 Å². The van der Waals surface area contributed by atoms with Crippen molar-refractivity contribution in [1.29, 1.82) is 0 Å². The molecule has 3 heterocycles. The monoisotopic (exact) mass is 439 g/mol. The summed E-state index contributed by atoms with van der Waals surface area (Å²) >= 11 is 1.54. The maximum atomic E-state index is 12.7. The highest BCUT2D eigenvalue weighted by molar-refractivity contribution is 7.15. The van der Waals surface area contributed by atoms with Gasteiger partial charge in [0.25, 0.3) is 5.91 Å². The summed E-state index contributed by atoms with van der Waals surface area (Å²) in [6.45, 7) is 0.375. The molecule has 3 aliphatic rings. The van der Waals surface area contributed by atoms with Gasteiger partial charge in [0.15, 0.2) is 5.13 Å². The van der Waals surface area contributed by atoms with E-state index in [4.69, 9.17) is 0 Å². The van der Waals surface area contributed by atoms with Crippen molar-refractivity contribution in [2.75, 3.05) is 23.7 Å². The number of nitrogens with zero attached hydrogens (tertiary/aromatic N) is 2. The highest BCUT2D eigenvalue weighted by Crippen LogP contribution is 2.32. The Morgan fingerprint density at radius 3 is 2.84 bits per heavy atom. The predicted octanol–water partition coefficient (Wildman–Crippen LogP) is 2.52. The van der Waals surface area contributed by atoms with Gasteiger partial charge in [-0.1, -0.05) is 12.1 Å². The molecule has 0 radical (unpaired) electrons. The van der Waals surface area contributed by atoms with Crippen molar-refractivity contribution in [3.63, 3.8) is 0 Å². The molecule has 31 heavy (non-hydrogen) atoms. The molecular formula is C22H25N5O3S. The molecule has 0 unspecified atom stereocenters. The number of para-hydroxylation sites is 1. The van der Waals surface area contributed by atoms with Crippen molar-refractivity contribution in [2.24, 2.45) is 0 Å². The molecule has 1 saturated heterocycles. The van der Waals surface area contributed by atoms with Crippen LogP contribution in [0.25, 0.3) is 0 Å². The molecule has 1 aromatic carbocycles. The number of rotatable bonds is 3. The Kier molecular flexibility index (Phi) is 5.13. The van der Waals surface area contributed by atoms with E-state index in [0.29, 0.717) is 30.1 Å². The highest BCUT2D eigenvalue weighted by atomic mass is 32.1. The van der Waals surface area contributed by atoms with Crippen LogP contribution in [0.2, 0.25) is 0 Å². The molecule has 2 aromatic rings. The van der Waals surface area contributed by atoms with Crippen molar-refractivity contribution in [1.82, 2.24) is 15.2 Å². The van der Waals surface area contributed by atoms with Gasteiger partial charge in [0.2, 0.25) is 11.8 Å². The summed E-state index contributed by atoms with van der Waals surface area (Å²) < 4.78 is 0. The van der Waals surface area contributed by atoms with E-state index in [0.717, 1.165) is 30.6 Å². The van der Waals surface area contributed by atoms with Gasteiger partial charge in [0.1, 0.15) is 5.66 Å². The molecule has 5 rings (SSSR count). The van der Waals surface area contributed by atoms with Gasteiger partial charge in [-0.2, -0.15) is 0 Å². The van der Waals surface area contributed by atoms with Gasteiger partial charge in [-0.3, -0.25) is 14.4 Å². The molecule has 8 nitrogen and oxygen atoms in total. The van der Waals surface area contributed by atoms with Crippen molar-refractivity contribution in [3.05, 3.63) is 40.4 Å². The summed E-state index contributed by atoms with van der Waals surface area (Å²) in [5, 5.41) is 9.96. The zero-order chi connectivity index (χ0) is 21.4. The van der Waals surface area contributed by atoms with Crippen LogP contribution in [0.15, 0.2) is 24.3 Å². The molecule has 162 valence electrons. The standard InChI is InChI=1S/C22H25N5O3S/c28-18(24-21-23-16-7-3-4-8-17(16)31-21)13-27-12-11-22(10-9-19(27)29)25-15-6-2-1-5-14(15)20(30)26-22/h1-2,5-6,25H,3-4,7-13H2,(H,26,30)(H,23,24,28)/t22-/m0/s1. The van der Waals surface area contributed by atoms with Crippen LogP contribution >= 0.6 is 11.3 Å². The fraction of sp³-hybridized carbons (Fsp3) is 0.455. The van der Waals surface area contributed by atoms with Crippen LogP contribution in [-0.4, -0.2) is 46.4 Å². The van der Waals surface area contributed by atoms with Crippen molar-refractivity contribution < 1.29 is 14.4 Å². The SMILES string of the molecule is O=C(CN1CC[C@]2(CCC1=O)NC(=O)c1ccccc1N2)Nc1nc2c(s1)CCCC2. The third-order valence-electron chi connectivity index (χ3n) is 6.25. The van der Waals surface area contributed by atoms with Crippen LogP contribution in [0.3, 0.4) is 0 Å². The Morgan fingerprint density at radius 2 is 1.97 bits per heavy atom. The Bertz CT molecular complexity index is 1030. The highest BCUT2D eigenvalue weighted by Gasteiger charge is 2.40. The van der Waals surface area contributed by atoms with Crippen LogP contribution < -0.4 is 16.0 Å². The quantitative estimate of drug-likeness (QED) is 0.682. The number of amides is 3. The van der Waals surface area contributed by atoms with E-state index in [1.807, 2.05) is 18.2 Å². The van der Waals surface area contributed by atoms with E-state index < -0.39 is 5.66 Å². The third kappa shape index (κ3) is 4.01. The van der Waals surface area contributed by atoms with E-state index in [1.165, 1.54) is 22.6 Å². The Morgan fingerprint density at radius 1 is 1.13 bits per heavy atom. The zero-order valence-corrected chi connectivity index (χ0v) is 18.0. The lowest BCUT2D eigenvalue weighted by molar-refractivity contribution is -0.134. The first-order valence-corrected chi connectivity index (χ1v) is 11.6. The van der Waals surface area contributed by atoms with Gasteiger partial charge in [-0.25, -0.2) is 4.98 Å². The van der Waals surface area contributed by atoms with Crippen LogP contribution in [0.4, 0.5) is 10.8 Å². The van der Waals surface area contributed by atoms with Gasteiger partial charge in [-0.15, -0.1) is 11.3 Å². The molecule has 1 fully saturated rings. The van der Waals surface area contributed by atoms with Crippen LogP contribution in [0.5, 0.6) is 0 Å². The van der Waals surface area contributed by atoms with Gasteiger partial charge in [0.05, 0.1) is 17.8 Å². The van der Waals surface area contributed by atoms with E-state index in [2.05, 4.69) is 20.9 Å². The summed E-state index contributed by atoms with van der Waals surface area (Å²) in [4.78, 5) is 45.3. The molecule has 1 aliphatic carbocycles. The average molecular weight is 440 g/mol. The van der Waals surface area contributed by atoms with Gasteiger partial charge in [-0.05, 0) is 44.2 Å². The van der Waals surface area contributed by atoms with E-state index >= 15 is 0 Å². The number of nitrogens with one attached hydrogen (secondary N) is 3. The number of hydrogen-bond acceptors (Lipinski definition) is 6. The average Bonchev–Trinajstić information content (AvgIpc) is 3.11. The van der Waals surface area contributed by atoms with Crippen molar-refractivity contribution >= 4 is 39.9 Å². The zero-order valence-electron chi connectivity index (χ0n) is 17.2. The van der Waals surface area contributed by atoms with Crippen LogP contribution in [0.1, 0.15) is 53.0 Å². The number of likely N-dealkylation sites (tertiary alicyclic amines) is 1. The minimum atomic E-state index is -0.680. The molecule has 1 atom stereocenters. The maximum absolute atomic E-state index is 12.7. The first-order valence-electron chi connectivity index (χ1n) is 10.8. The van der Waals surface area contributed by atoms with E-state index in [9.17, 15) is 14.4 Å². The minimum absolute atomic E-state index is 0.0102. The number of benzene rings is 1. The van der Waals surface area contributed by atoms with Crippen LogP contribution in [-0.2, 0) is 22.4 Å². The molecule has 3 N–H and O–H groups in total. The number of aromatic nitrogens is 1. The second-order valence-electron chi connectivity index (χ2n) is 8.42. The summed E-state index contributed by atoms with van der Waals surface area (Å²) in [5.41, 5.74) is 1.79. The number of thiazole rings is 1. The number of hydrogen-bond donors (Lipinski definition) is 3. The largest absolute Gasteiger partial charge is 0.362 e. The van der Waals surface area contributed by atoms with Crippen LogP contribution in [0, 0.1) is 0 Å². The van der Waals surface area contributed by atoms with Crippen molar-refractivity contribution in [3.8, 4) is 0 Å². The number of fused-ring (bicyclic) bond motifs is 2. The Balaban J connectivity index is 1.24. The lowest BCUT2D eigenvalue weighted by atomic mass is 9.95. The van der Waals surface area contributed by atoms with Crippen molar-refractivity contribution in [2.45, 2.75) is 50.6 Å². The molecule has 1 spiro atoms. The van der Waals surface area contributed by atoms with E-state index in [-0.39, 0.29) is 30.7 Å². The molecule has 0 saturated carbocycles. The topological polar surface area (TPSA) is 103 Å².